The average Bonchev–Trinajstić information content (AvgIpc) is 2.82. The van der Waals surface area contributed by atoms with Crippen molar-refractivity contribution in [2.45, 2.75) is 31.8 Å². The molecule has 1 aromatic rings. The third kappa shape index (κ3) is 2.02. The highest BCUT2D eigenvalue weighted by atomic mass is 16.5. The van der Waals surface area contributed by atoms with Crippen molar-refractivity contribution >= 4 is 5.91 Å². The van der Waals surface area contributed by atoms with Crippen molar-refractivity contribution in [3.05, 3.63) is 29.8 Å². The maximum Gasteiger partial charge on any atom is 0.263 e. The first-order valence-electron chi connectivity index (χ1n) is 6.38. The van der Waals surface area contributed by atoms with Gasteiger partial charge >= 0.3 is 0 Å². The van der Waals surface area contributed by atoms with Gasteiger partial charge in [0.1, 0.15) is 5.75 Å². The zero-order valence-electron chi connectivity index (χ0n) is 9.89. The summed E-state index contributed by atoms with van der Waals surface area (Å²) in [6.45, 7) is 1.80. The van der Waals surface area contributed by atoms with Gasteiger partial charge in [0.15, 0.2) is 6.10 Å². The predicted molar refractivity (Wildman–Crippen MR) is 65.0 cm³/mol. The molecule has 3 rings (SSSR count). The number of piperidine rings is 1. The largest absolute Gasteiger partial charge is 0.480 e. The number of ether oxygens (including phenoxy) is 1. The van der Waals surface area contributed by atoms with Gasteiger partial charge in [-0.1, -0.05) is 18.2 Å². The first-order valence-corrected chi connectivity index (χ1v) is 6.38. The van der Waals surface area contributed by atoms with Gasteiger partial charge in [-0.05, 0) is 30.9 Å². The van der Waals surface area contributed by atoms with Crippen LogP contribution >= 0.6 is 0 Å². The molecule has 0 radical (unpaired) electrons. The minimum atomic E-state index is -0.287. The number of hydrogen-bond donors (Lipinski definition) is 0. The number of rotatable bonds is 1. The van der Waals surface area contributed by atoms with E-state index in [9.17, 15) is 4.79 Å². The molecule has 1 fully saturated rings. The van der Waals surface area contributed by atoms with Crippen LogP contribution in [-0.4, -0.2) is 30.0 Å². The van der Waals surface area contributed by atoms with Crippen molar-refractivity contribution in [2.24, 2.45) is 0 Å². The lowest BCUT2D eigenvalue weighted by Gasteiger charge is -2.28. The van der Waals surface area contributed by atoms with Gasteiger partial charge in [0.05, 0.1) is 0 Å². The normalized spacial score (nSPS) is 23.1. The van der Waals surface area contributed by atoms with E-state index in [0.29, 0.717) is 0 Å². The highest BCUT2D eigenvalue weighted by Crippen LogP contribution is 2.29. The van der Waals surface area contributed by atoms with Crippen molar-refractivity contribution in [3.8, 4) is 5.75 Å². The SMILES string of the molecule is O=C([C@H]1Cc2ccccc2O1)N1CCCCC1. The van der Waals surface area contributed by atoms with E-state index in [1.165, 1.54) is 6.42 Å². The molecule has 1 atom stereocenters. The molecule has 0 spiro atoms. The van der Waals surface area contributed by atoms with Crippen LogP contribution in [0.3, 0.4) is 0 Å². The molecule has 0 saturated carbocycles. The molecule has 0 N–H and O–H groups in total. The van der Waals surface area contributed by atoms with Crippen LogP contribution in [0, 0.1) is 0 Å². The second-order valence-corrected chi connectivity index (χ2v) is 4.80. The minimum Gasteiger partial charge on any atom is -0.480 e. The summed E-state index contributed by atoms with van der Waals surface area (Å²) in [5, 5.41) is 0. The van der Waals surface area contributed by atoms with E-state index in [-0.39, 0.29) is 12.0 Å². The molecule has 0 aromatic heterocycles. The van der Waals surface area contributed by atoms with Crippen LogP contribution in [0.15, 0.2) is 24.3 Å². The number of nitrogens with zero attached hydrogens (tertiary/aromatic N) is 1. The van der Waals surface area contributed by atoms with Crippen LogP contribution in [-0.2, 0) is 11.2 Å². The van der Waals surface area contributed by atoms with E-state index in [1.54, 1.807) is 0 Å². The maximum absolute atomic E-state index is 12.3. The van der Waals surface area contributed by atoms with E-state index < -0.39 is 0 Å². The van der Waals surface area contributed by atoms with Crippen LogP contribution in [0.5, 0.6) is 5.75 Å². The fraction of sp³-hybridized carbons (Fsp3) is 0.500. The Balaban J connectivity index is 1.69. The Hall–Kier alpha value is -1.51. The number of benzene rings is 1. The van der Waals surface area contributed by atoms with E-state index in [1.807, 2.05) is 29.2 Å². The molecule has 3 heteroatoms. The number of amides is 1. The Labute approximate surface area is 101 Å². The van der Waals surface area contributed by atoms with Crippen LogP contribution in [0.25, 0.3) is 0 Å². The Morgan fingerprint density at radius 3 is 2.71 bits per heavy atom. The predicted octanol–water partition coefficient (Wildman–Crippen LogP) is 2.00. The highest BCUT2D eigenvalue weighted by Gasteiger charge is 2.32. The van der Waals surface area contributed by atoms with Gasteiger partial charge in [-0.3, -0.25) is 4.79 Å². The Bertz CT molecular complexity index is 399. The van der Waals surface area contributed by atoms with Gasteiger partial charge in [-0.15, -0.1) is 0 Å². The summed E-state index contributed by atoms with van der Waals surface area (Å²) in [4.78, 5) is 14.2. The minimum absolute atomic E-state index is 0.168. The van der Waals surface area contributed by atoms with Gasteiger partial charge in [0, 0.05) is 19.5 Å². The number of hydrogen-bond acceptors (Lipinski definition) is 2. The number of para-hydroxylation sites is 1. The van der Waals surface area contributed by atoms with Gasteiger partial charge < -0.3 is 9.64 Å². The topological polar surface area (TPSA) is 29.5 Å². The number of likely N-dealkylation sites (tertiary alicyclic amines) is 1. The van der Waals surface area contributed by atoms with Gasteiger partial charge in [0.2, 0.25) is 0 Å². The lowest BCUT2D eigenvalue weighted by molar-refractivity contribution is -0.138. The molecule has 2 heterocycles. The summed E-state index contributed by atoms with van der Waals surface area (Å²) in [6.07, 6.45) is 3.95. The maximum atomic E-state index is 12.3. The monoisotopic (exact) mass is 231 g/mol. The van der Waals surface area contributed by atoms with E-state index >= 15 is 0 Å². The van der Waals surface area contributed by atoms with Crippen LogP contribution in [0.4, 0.5) is 0 Å². The number of carbonyl (C=O) groups is 1. The standard InChI is InChI=1S/C14H17NO2/c16-14(15-8-4-1-5-9-15)13-10-11-6-2-3-7-12(11)17-13/h2-3,6-7,13H,1,4-5,8-10H2/t13-/m1/s1. The summed E-state index contributed by atoms with van der Waals surface area (Å²) in [5.74, 6) is 1.05. The number of carbonyl (C=O) groups excluding carboxylic acids is 1. The Morgan fingerprint density at radius 1 is 1.18 bits per heavy atom. The molecule has 17 heavy (non-hydrogen) atoms. The molecule has 1 aromatic carbocycles. The molecule has 90 valence electrons. The second kappa shape index (κ2) is 4.40. The zero-order valence-corrected chi connectivity index (χ0v) is 9.89. The Kier molecular flexibility index (Phi) is 2.75. The fourth-order valence-electron chi connectivity index (χ4n) is 2.64. The molecule has 0 aliphatic carbocycles. The summed E-state index contributed by atoms with van der Waals surface area (Å²) >= 11 is 0. The van der Waals surface area contributed by atoms with Crippen molar-refractivity contribution < 1.29 is 9.53 Å². The molecule has 1 saturated heterocycles. The highest BCUT2D eigenvalue weighted by molar-refractivity contribution is 5.82. The smallest absolute Gasteiger partial charge is 0.263 e. The van der Waals surface area contributed by atoms with Crippen molar-refractivity contribution in [1.82, 2.24) is 4.90 Å². The fourth-order valence-corrected chi connectivity index (χ4v) is 2.64. The molecule has 1 amide bonds. The lowest BCUT2D eigenvalue weighted by Crippen LogP contribution is -2.43. The van der Waals surface area contributed by atoms with Gasteiger partial charge in [-0.2, -0.15) is 0 Å². The van der Waals surface area contributed by atoms with Crippen molar-refractivity contribution in [2.75, 3.05) is 13.1 Å². The number of fused-ring (bicyclic) bond motifs is 1. The average molecular weight is 231 g/mol. The molecule has 2 aliphatic heterocycles. The molecule has 2 aliphatic rings. The van der Waals surface area contributed by atoms with Gasteiger partial charge in [-0.25, -0.2) is 0 Å². The van der Waals surface area contributed by atoms with E-state index in [2.05, 4.69) is 0 Å². The van der Waals surface area contributed by atoms with Crippen LogP contribution in [0.1, 0.15) is 24.8 Å². The van der Waals surface area contributed by atoms with Crippen LogP contribution < -0.4 is 4.74 Å². The summed E-state index contributed by atoms with van der Waals surface area (Å²) in [6, 6.07) is 7.93. The Morgan fingerprint density at radius 2 is 1.94 bits per heavy atom. The van der Waals surface area contributed by atoms with E-state index in [4.69, 9.17) is 4.74 Å². The zero-order chi connectivity index (χ0) is 11.7. The second-order valence-electron chi connectivity index (χ2n) is 4.80. The lowest BCUT2D eigenvalue weighted by atomic mass is 10.1. The third-order valence-electron chi connectivity index (χ3n) is 3.59. The summed E-state index contributed by atoms with van der Waals surface area (Å²) in [5.41, 5.74) is 1.16. The van der Waals surface area contributed by atoms with Crippen LogP contribution in [0.2, 0.25) is 0 Å². The molecule has 0 unspecified atom stereocenters. The van der Waals surface area contributed by atoms with E-state index in [0.717, 1.165) is 43.7 Å². The summed E-state index contributed by atoms with van der Waals surface area (Å²) < 4.78 is 5.73. The molecule has 3 nitrogen and oxygen atoms in total. The first kappa shape index (κ1) is 10.6. The first-order chi connectivity index (χ1) is 8.34. The van der Waals surface area contributed by atoms with Gasteiger partial charge in [0.25, 0.3) is 5.91 Å². The molecular formula is C14H17NO2. The summed E-state index contributed by atoms with van der Waals surface area (Å²) in [7, 11) is 0. The third-order valence-corrected chi connectivity index (χ3v) is 3.59. The quantitative estimate of drug-likeness (QED) is 0.740. The van der Waals surface area contributed by atoms with Crippen molar-refractivity contribution in [3.63, 3.8) is 0 Å². The molecule has 0 bridgehead atoms. The van der Waals surface area contributed by atoms with Crippen molar-refractivity contribution in [1.29, 1.82) is 0 Å². The molecular weight excluding hydrogens is 214 g/mol.